The molecule has 0 amide bonds. The standard InChI is InChI=1S/C13H13N3S3/c1-2-11(17-6-1)13-16-10(9-19-13)8-14-4-3-12-15-5-7-18-12/h1-2,5-7,9,14H,3-4,8H2. The average Bonchev–Trinajstić information content (AvgIpc) is 3.15. The summed E-state index contributed by atoms with van der Waals surface area (Å²) in [6, 6.07) is 4.18. The van der Waals surface area contributed by atoms with Crippen LogP contribution in [0.3, 0.4) is 0 Å². The van der Waals surface area contributed by atoms with E-state index in [1.807, 2.05) is 11.6 Å². The van der Waals surface area contributed by atoms with Crippen molar-refractivity contribution >= 4 is 34.0 Å². The minimum Gasteiger partial charge on any atom is -0.311 e. The lowest BCUT2D eigenvalue weighted by Gasteiger charge is -2.00. The third kappa shape index (κ3) is 3.48. The normalized spacial score (nSPS) is 10.9. The Kier molecular flexibility index (Phi) is 4.34. The van der Waals surface area contributed by atoms with Gasteiger partial charge in [0.15, 0.2) is 0 Å². The Bertz CT molecular complexity index is 599. The molecule has 0 aliphatic rings. The number of hydrogen-bond donors (Lipinski definition) is 1. The molecule has 0 saturated carbocycles. The molecule has 3 aromatic rings. The molecule has 0 aliphatic carbocycles. The molecule has 3 aromatic heterocycles. The largest absolute Gasteiger partial charge is 0.311 e. The van der Waals surface area contributed by atoms with E-state index < -0.39 is 0 Å². The molecule has 98 valence electrons. The Balaban J connectivity index is 1.48. The fraction of sp³-hybridized carbons (Fsp3) is 0.231. The molecule has 3 rings (SSSR count). The summed E-state index contributed by atoms with van der Waals surface area (Å²) in [7, 11) is 0. The highest BCUT2D eigenvalue weighted by atomic mass is 32.1. The van der Waals surface area contributed by atoms with Crippen LogP contribution in [0.2, 0.25) is 0 Å². The van der Waals surface area contributed by atoms with Crippen molar-refractivity contribution in [2.45, 2.75) is 13.0 Å². The van der Waals surface area contributed by atoms with Crippen molar-refractivity contribution in [3.8, 4) is 9.88 Å². The molecule has 19 heavy (non-hydrogen) atoms. The van der Waals surface area contributed by atoms with Gasteiger partial charge in [0.25, 0.3) is 0 Å². The van der Waals surface area contributed by atoms with Crippen molar-refractivity contribution in [3.05, 3.63) is 45.2 Å². The van der Waals surface area contributed by atoms with Crippen LogP contribution in [0.1, 0.15) is 10.7 Å². The van der Waals surface area contributed by atoms with E-state index in [1.54, 1.807) is 34.0 Å². The first-order valence-electron chi connectivity index (χ1n) is 5.99. The van der Waals surface area contributed by atoms with E-state index in [4.69, 9.17) is 0 Å². The van der Waals surface area contributed by atoms with Gasteiger partial charge in [-0.2, -0.15) is 0 Å². The number of nitrogens with one attached hydrogen (secondary N) is 1. The summed E-state index contributed by atoms with van der Waals surface area (Å²) in [5.41, 5.74) is 1.12. The molecule has 1 N–H and O–H groups in total. The molecular weight excluding hydrogens is 294 g/mol. The minimum absolute atomic E-state index is 0.827. The first-order chi connectivity index (χ1) is 9.42. The van der Waals surface area contributed by atoms with Crippen molar-refractivity contribution in [1.82, 2.24) is 15.3 Å². The Labute approximate surface area is 124 Å². The van der Waals surface area contributed by atoms with Crippen molar-refractivity contribution in [2.24, 2.45) is 0 Å². The second kappa shape index (κ2) is 6.38. The van der Waals surface area contributed by atoms with Crippen LogP contribution in [0.5, 0.6) is 0 Å². The van der Waals surface area contributed by atoms with E-state index in [9.17, 15) is 0 Å². The van der Waals surface area contributed by atoms with E-state index in [0.717, 1.165) is 30.2 Å². The summed E-state index contributed by atoms with van der Waals surface area (Å²) in [5.74, 6) is 0. The zero-order chi connectivity index (χ0) is 12.9. The Morgan fingerprint density at radius 1 is 1.16 bits per heavy atom. The van der Waals surface area contributed by atoms with Crippen molar-refractivity contribution in [3.63, 3.8) is 0 Å². The summed E-state index contributed by atoms with van der Waals surface area (Å²) in [4.78, 5) is 10.2. The quantitative estimate of drug-likeness (QED) is 0.706. The van der Waals surface area contributed by atoms with Crippen molar-refractivity contribution in [1.29, 1.82) is 0 Å². The topological polar surface area (TPSA) is 37.8 Å². The van der Waals surface area contributed by atoms with Gasteiger partial charge in [-0.15, -0.1) is 34.0 Å². The molecular formula is C13H13N3S3. The van der Waals surface area contributed by atoms with E-state index in [-0.39, 0.29) is 0 Å². The zero-order valence-corrected chi connectivity index (χ0v) is 12.7. The molecule has 0 spiro atoms. The van der Waals surface area contributed by atoms with Crippen molar-refractivity contribution in [2.75, 3.05) is 6.54 Å². The van der Waals surface area contributed by atoms with E-state index in [2.05, 4.69) is 38.2 Å². The third-order valence-electron chi connectivity index (χ3n) is 2.59. The molecule has 0 bridgehead atoms. The van der Waals surface area contributed by atoms with Gasteiger partial charge in [0.1, 0.15) is 5.01 Å². The molecule has 6 heteroatoms. The fourth-order valence-corrected chi connectivity index (χ4v) is 3.94. The maximum atomic E-state index is 4.64. The number of rotatable bonds is 6. The van der Waals surface area contributed by atoms with Crippen LogP contribution >= 0.6 is 34.0 Å². The maximum Gasteiger partial charge on any atom is 0.133 e. The van der Waals surface area contributed by atoms with Crippen LogP contribution in [0.4, 0.5) is 0 Å². The lowest BCUT2D eigenvalue weighted by Crippen LogP contribution is -2.16. The molecule has 3 nitrogen and oxygen atoms in total. The maximum absolute atomic E-state index is 4.64. The van der Waals surface area contributed by atoms with E-state index in [1.165, 1.54) is 9.88 Å². The molecule has 0 aromatic carbocycles. The zero-order valence-electron chi connectivity index (χ0n) is 10.2. The van der Waals surface area contributed by atoms with Crippen LogP contribution in [0.15, 0.2) is 34.5 Å². The van der Waals surface area contributed by atoms with Crippen LogP contribution in [-0.2, 0) is 13.0 Å². The van der Waals surface area contributed by atoms with E-state index in [0.29, 0.717) is 0 Å². The predicted octanol–water partition coefficient (Wildman–Crippen LogP) is 3.66. The van der Waals surface area contributed by atoms with Gasteiger partial charge in [0.05, 0.1) is 15.6 Å². The summed E-state index contributed by atoms with van der Waals surface area (Å²) in [6.45, 7) is 1.77. The van der Waals surface area contributed by atoms with Gasteiger partial charge < -0.3 is 5.32 Å². The van der Waals surface area contributed by atoms with Crippen LogP contribution in [-0.4, -0.2) is 16.5 Å². The first kappa shape index (κ1) is 12.9. The van der Waals surface area contributed by atoms with Gasteiger partial charge >= 0.3 is 0 Å². The van der Waals surface area contributed by atoms with Gasteiger partial charge in [0, 0.05) is 36.5 Å². The highest BCUT2D eigenvalue weighted by Crippen LogP contribution is 2.27. The Morgan fingerprint density at radius 2 is 2.16 bits per heavy atom. The summed E-state index contributed by atoms with van der Waals surface area (Å²) < 4.78 is 0. The van der Waals surface area contributed by atoms with Gasteiger partial charge in [-0.1, -0.05) is 6.07 Å². The van der Waals surface area contributed by atoms with Gasteiger partial charge in [-0.05, 0) is 11.4 Å². The highest BCUT2D eigenvalue weighted by Gasteiger charge is 2.05. The fourth-order valence-electron chi connectivity index (χ4n) is 1.69. The second-order valence-corrected chi connectivity index (χ2v) is 6.76. The summed E-state index contributed by atoms with van der Waals surface area (Å²) >= 11 is 5.16. The Hall–Kier alpha value is -1.08. The molecule has 3 heterocycles. The smallest absolute Gasteiger partial charge is 0.133 e. The van der Waals surface area contributed by atoms with Gasteiger partial charge in [0.2, 0.25) is 0 Å². The number of thiophene rings is 1. The molecule has 0 atom stereocenters. The lowest BCUT2D eigenvalue weighted by molar-refractivity contribution is 0.676. The van der Waals surface area contributed by atoms with Gasteiger partial charge in [-0.3, -0.25) is 0 Å². The molecule has 0 unspecified atom stereocenters. The molecule has 0 fully saturated rings. The summed E-state index contributed by atoms with van der Waals surface area (Å²) in [5, 5.41) is 11.9. The minimum atomic E-state index is 0.827. The number of nitrogens with zero attached hydrogens (tertiary/aromatic N) is 2. The van der Waals surface area contributed by atoms with Crippen molar-refractivity contribution < 1.29 is 0 Å². The second-order valence-electron chi connectivity index (χ2n) is 3.97. The number of thiazole rings is 2. The van der Waals surface area contributed by atoms with Crippen LogP contribution in [0.25, 0.3) is 9.88 Å². The monoisotopic (exact) mass is 307 g/mol. The molecule has 0 aliphatic heterocycles. The van der Waals surface area contributed by atoms with E-state index >= 15 is 0 Å². The lowest BCUT2D eigenvalue weighted by atomic mass is 10.4. The predicted molar refractivity (Wildman–Crippen MR) is 83.0 cm³/mol. The molecule has 0 radical (unpaired) electrons. The highest BCUT2D eigenvalue weighted by molar-refractivity contribution is 7.20. The SMILES string of the molecule is c1csc(-c2nc(CNCCc3nccs3)cs2)c1. The Morgan fingerprint density at radius 3 is 2.95 bits per heavy atom. The summed E-state index contributed by atoms with van der Waals surface area (Å²) in [6.07, 6.45) is 2.84. The van der Waals surface area contributed by atoms with Crippen LogP contribution < -0.4 is 5.32 Å². The number of hydrogen-bond acceptors (Lipinski definition) is 6. The average molecular weight is 307 g/mol. The van der Waals surface area contributed by atoms with Gasteiger partial charge in [-0.25, -0.2) is 9.97 Å². The third-order valence-corrected chi connectivity index (χ3v) is 5.36. The van der Waals surface area contributed by atoms with Crippen LogP contribution in [0, 0.1) is 0 Å². The molecule has 0 saturated heterocycles. The number of aromatic nitrogens is 2. The first-order valence-corrected chi connectivity index (χ1v) is 8.63.